The molecule has 0 bridgehead atoms. The van der Waals surface area contributed by atoms with E-state index in [1.54, 1.807) is 4.90 Å². The summed E-state index contributed by atoms with van der Waals surface area (Å²) in [6.45, 7) is 4.99. The molecule has 1 atom stereocenters. The molecule has 1 heterocycles. The van der Waals surface area contributed by atoms with Crippen molar-refractivity contribution in [2.45, 2.75) is 26.7 Å². The molecule has 136 valence electrons. The Kier molecular flexibility index (Phi) is 5.35. The second-order valence-electron chi connectivity index (χ2n) is 6.83. The molecule has 1 saturated heterocycles. The van der Waals surface area contributed by atoms with Crippen LogP contribution in [0.5, 0.6) is 0 Å². The average Bonchev–Trinajstić information content (AvgIpc) is 2.65. The Labute approximate surface area is 153 Å². The molecule has 0 radical (unpaired) electrons. The monoisotopic (exact) mass is 354 g/mol. The average molecular weight is 354 g/mol. The number of halogens is 1. The number of hydrogen-bond donors (Lipinski definition) is 1. The molecule has 3 rings (SSSR count). The lowest BCUT2D eigenvalue weighted by Crippen LogP contribution is -2.43. The summed E-state index contributed by atoms with van der Waals surface area (Å²) in [5.74, 6) is -0.830. The smallest absolute Gasteiger partial charge is 0.253 e. The van der Waals surface area contributed by atoms with E-state index in [1.165, 1.54) is 24.3 Å². The third kappa shape index (κ3) is 3.93. The minimum atomic E-state index is -0.369. The van der Waals surface area contributed by atoms with Crippen LogP contribution in [-0.4, -0.2) is 29.8 Å². The molecule has 0 aliphatic carbocycles. The molecule has 2 aromatic rings. The number of anilines is 1. The lowest BCUT2D eigenvalue weighted by Gasteiger charge is -2.32. The van der Waals surface area contributed by atoms with Gasteiger partial charge in [-0.25, -0.2) is 4.39 Å². The number of amides is 2. The molecule has 0 aromatic heterocycles. The molecule has 5 heteroatoms. The molecule has 0 spiro atoms. The van der Waals surface area contributed by atoms with E-state index in [0.717, 1.165) is 29.7 Å². The molecule has 0 unspecified atom stereocenters. The van der Waals surface area contributed by atoms with Crippen molar-refractivity contribution in [2.75, 3.05) is 18.4 Å². The van der Waals surface area contributed by atoms with Crippen LogP contribution < -0.4 is 5.32 Å². The molecular formula is C21H23FN2O2. The zero-order valence-corrected chi connectivity index (χ0v) is 15.1. The number of rotatable bonds is 3. The highest BCUT2D eigenvalue weighted by Gasteiger charge is 2.29. The molecule has 4 nitrogen and oxygen atoms in total. The summed E-state index contributed by atoms with van der Waals surface area (Å²) in [4.78, 5) is 27.0. The van der Waals surface area contributed by atoms with E-state index < -0.39 is 0 Å². The Morgan fingerprint density at radius 3 is 2.58 bits per heavy atom. The maximum Gasteiger partial charge on any atom is 0.253 e. The lowest BCUT2D eigenvalue weighted by atomic mass is 9.96. The summed E-state index contributed by atoms with van der Waals surface area (Å²) in [5.41, 5.74) is 3.44. The number of aryl methyl sites for hydroxylation is 1. The van der Waals surface area contributed by atoms with Crippen LogP contribution >= 0.6 is 0 Å². The van der Waals surface area contributed by atoms with Crippen LogP contribution in [0.1, 0.15) is 34.3 Å². The quantitative estimate of drug-likeness (QED) is 0.908. The van der Waals surface area contributed by atoms with Gasteiger partial charge >= 0.3 is 0 Å². The highest BCUT2D eigenvalue weighted by atomic mass is 19.1. The Morgan fingerprint density at radius 1 is 1.12 bits per heavy atom. The van der Waals surface area contributed by atoms with Gasteiger partial charge in [-0.15, -0.1) is 0 Å². The molecule has 1 N–H and O–H groups in total. The van der Waals surface area contributed by atoms with Crippen LogP contribution in [-0.2, 0) is 4.79 Å². The highest BCUT2D eigenvalue weighted by molar-refractivity contribution is 5.96. The predicted molar refractivity (Wildman–Crippen MR) is 99.6 cm³/mol. The third-order valence-corrected chi connectivity index (χ3v) is 5.03. The number of piperidine rings is 1. The van der Waals surface area contributed by atoms with Gasteiger partial charge in [0, 0.05) is 24.3 Å². The number of likely N-dealkylation sites (tertiary alicyclic amines) is 1. The fourth-order valence-corrected chi connectivity index (χ4v) is 3.27. The van der Waals surface area contributed by atoms with Crippen LogP contribution in [0.4, 0.5) is 10.1 Å². The SMILES string of the molecule is Cc1cccc(NC(=O)[C@H]2CCCN(C(=O)c3ccc(F)cc3)C2)c1C. The Morgan fingerprint density at radius 2 is 1.85 bits per heavy atom. The van der Waals surface area contributed by atoms with Crippen LogP contribution in [0.3, 0.4) is 0 Å². The van der Waals surface area contributed by atoms with E-state index in [2.05, 4.69) is 5.32 Å². The first-order valence-electron chi connectivity index (χ1n) is 8.87. The Balaban J connectivity index is 1.67. The van der Waals surface area contributed by atoms with Crippen molar-refractivity contribution >= 4 is 17.5 Å². The summed E-state index contributed by atoms with van der Waals surface area (Å²) in [6, 6.07) is 11.3. The van der Waals surface area contributed by atoms with Gasteiger partial charge in [0.15, 0.2) is 0 Å². The predicted octanol–water partition coefficient (Wildman–Crippen LogP) is 3.93. The molecule has 0 saturated carbocycles. The number of carbonyl (C=O) groups is 2. The topological polar surface area (TPSA) is 49.4 Å². The van der Waals surface area contributed by atoms with E-state index in [0.29, 0.717) is 18.7 Å². The maximum atomic E-state index is 13.1. The second-order valence-corrected chi connectivity index (χ2v) is 6.83. The molecule has 1 aliphatic heterocycles. The molecule has 2 amide bonds. The van der Waals surface area contributed by atoms with Crippen LogP contribution in [0, 0.1) is 25.6 Å². The van der Waals surface area contributed by atoms with Crippen molar-refractivity contribution in [2.24, 2.45) is 5.92 Å². The molecule has 26 heavy (non-hydrogen) atoms. The van der Waals surface area contributed by atoms with Gasteiger partial charge in [-0.1, -0.05) is 12.1 Å². The van der Waals surface area contributed by atoms with Crippen LogP contribution in [0.2, 0.25) is 0 Å². The van der Waals surface area contributed by atoms with Crippen molar-refractivity contribution in [1.82, 2.24) is 4.90 Å². The minimum absolute atomic E-state index is 0.0599. The van der Waals surface area contributed by atoms with E-state index in [-0.39, 0.29) is 23.5 Å². The number of carbonyl (C=O) groups excluding carboxylic acids is 2. The maximum absolute atomic E-state index is 13.1. The van der Waals surface area contributed by atoms with Gasteiger partial charge in [0.1, 0.15) is 5.82 Å². The number of benzene rings is 2. The minimum Gasteiger partial charge on any atom is -0.338 e. The van der Waals surface area contributed by atoms with E-state index in [9.17, 15) is 14.0 Å². The van der Waals surface area contributed by atoms with Crippen molar-refractivity contribution in [1.29, 1.82) is 0 Å². The summed E-state index contributed by atoms with van der Waals surface area (Å²) in [5, 5.41) is 3.00. The molecule has 1 fully saturated rings. The first-order valence-corrected chi connectivity index (χ1v) is 8.87. The molecular weight excluding hydrogens is 331 g/mol. The number of hydrogen-bond acceptors (Lipinski definition) is 2. The fourth-order valence-electron chi connectivity index (χ4n) is 3.27. The standard InChI is InChI=1S/C21H23FN2O2/c1-14-5-3-7-19(15(14)2)23-20(25)17-6-4-12-24(13-17)21(26)16-8-10-18(22)11-9-16/h3,5,7-11,17H,4,6,12-13H2,1-2H3,(H,23,25)/t17-/m0/s1. The van der Waals surface area contributed by atoms with Gasteiger partial charge in [-0.2, -0.15) is 0 Å². The molecule has 2 aromatic carbocycles. The first-order chi connectivity index (χ1) is 12.5. The summed E-state index contributed by atoms with van der Waals surface area (Å²) in [7, 11) is 0. The fraction of sp³-hybridized carbons (Fsp3) is 0.333. The van der Waals surface area contributed by atoms with Gasteiger partial charge < -0.3 is 10.2 Å². The number of nitrogens with one attached hydrogen (secondary N) is 1. The summed E-state index contributed by atoms with van der Waals surface area (Å²) in [6.07, 6.45) is 1.53. The summed E-state index contributed by atoms with van der Waals surface area (Å²) < 4.78 is 13.1. The Bertz CT molecular complexity index is 817. The third-order valence-electron chi connectivity index (χ3n) is 5.03. The van der Waals surface area contributed by atoms with Crippen LogP contribution in [0.15, 0.2) is 42.5 Å². The largest absolute Gasteiger partial charge is 0.338 e. The van der Waals surface area contributed by atoms with Gasteiger partial charge in [-0.05, 0) is 68.1 Å². The van der Waals surface area contributed by atoms with Crippen molar-refractivity contribution in [3.05, 3.63) is 65.0 Å². The normalized spacial score (nSPS) is 17.0. The zero-order valence-electron chi connectivity index (χ0n) is 15.1. The highest BCUT2D eigenvalue weighted by Crippen LogP contribution is 2.23. The zero-order chi connectivity index (χ0) is 18.7. The van der Waals surface area contributed by atoms with Gasteiger partial charge in [-0.3, -0.25) is 9.59 Å². The first kappa shape index (κ1) is 18.1. The molecule has 1 aliphatic rings. The van der Waals surface area contributed by atoms with E-state index in [4.69, 9.17) is 0 Å². The lowest BCUT2D eigenvalue weighted by molar-refractivity contribution is -0.121. The van der Waals surface area contributed by atoms with Crippen LogP contribution in [0.25, 0.3) is 0 Å². The van der Waals surface area contributed by atoms with E-state index >= 15 is 0 Å². The van der Waals surface area contributed by atoms with Crippen molar-refractivity contribution in [3.63, 3.8) is 0 Å². The van der Waals surface area contributed by atoms with Crippen molar-refractivity contribution < 1.29 is 14.0 Å². The van der Waals surface area contributed by atoms with Gasteiger partial charge in [0.2, 0.25) is 5.91 Å². The number of nitrogens with zero attached hydrogens (tertiary/aromatic N) is 1. The van der Waals surface area contributed by atoms with Gasteiger partial charge in [0.25, 0.3) is 5.91 Å². The second kappa shape index (κ2) is 7.68. The van der Waals surface area contributed by atoms with Crippen molar-refractivity contribution in [3.8, 4) is 0 Å². The Hall–Kier alpha value is -2.69. The van der Waals surface area contributed by atoms with E-state index in [1.807, 2.05) is 32.0 Å². The summed E-state index contributed by atoms with van der Waals surface area (Å²) >= 11 is 0. The van der Waals surface area contributed by atoms with Gasteiger partial charge in [0.05, 0.1) is 5.92 Å².